The second-order valence-electron chi connectivity index (χ2n) is 3.03. The van der Waals surface area contributed by atoms with Crippen molar-refractivity contribution in [1.29, 1.82) is 0 Å². The molecule has 1 heterocycles. The van der Waals surface area contributed by atoms with E-state index in [0.717, 1.165) is 5.56 Å². The lowest BCUT2D eigenvalue weighted by Gasteiger charge is -2.00. The van der Waals surface area contributed by atoms with Crippen molar-refractivity contribution in [2.45, 2.75) is 4.90 Å². The molecule has 2 rings (SSSR count). The van der Waals surface area contributed by atoms with Crippen LogP contribution in [-0.2, 0) is 10.0 Å². The molecule has 0 amide bonds. The van der Waals surface area contributed by atoms with E-state index >= 15 is 0 Å². The Morgan fingerprint density at radius 1 is 1.07 bits per heavy atom. The number of hydrogen-bond donors (Lipinski definition) is 1. The quantitative estimate of drug-likeness (QED) is 0.872. The van der Waals surface area contributed by atoms with Gasteiger partial charge in [0.1, 0.15) is 4.90 Å². The fraction of sp³-hybridized carbons (Fsp3) is 0. The van der Waals surface area contributed by atoms with Crippen LogP contribution in [0.25, 0.3) is 10.4 Å². The van der Waals surface area contributed by atoms with Crippen LogP contribution in [-0.4, -0.2) is 8.42 Å². The van der Waals surface area contributed by atoms with Crippen molar-refractivity contribution in [2.24, 2.45) is 5.14 Å². The molecule has 0 radical (unpaired) electrons. The number of benzene rings is 1. The molecule has 2 aromatic rings. The van der Waals surface area contributed by atoms with Crippen LogP contribution in [0.1, 0.15) is 0 Å². The molecule has 78 valence electrons. The first kappa shape index (κ1) is 10.4. The summed E-state index contributed by atoms with van der Waals surface area (Å²) in [6.07, 6.45) is 0. The summed E-state index contributed by atoms with van der Waals surface area (Å²) in [5.74, 6) is 0. The maximum atomic E-state index is 11.3. The monoisotopic (exact) mass is 239 g/mol. The van der Waals surface area contributed by atoms with Gasteiger partial charge in [0.15, 0.2) is 0 Å². The second kappa shape index (κ2) is 3.77. The maximum Gasteiger partial charge on any atom is 0.239 e. The van der Waals surface area contributed by atoms with Gasteiger partial charge in [-0.15, -0.1) is 11.3 Å². The predicted octanol–water partition coefficient (Wildman–Crippen LogP) is 2.06. The Balaban J connectivity index is 2.61. The number of primary sulfonamides is 1. The van der Waals surface area contributed by atoms with Crippen LogP contribution in [0.4, 0.5) is 0 Å². The third kappa shape index (κ3) is 2.09. The molecule has 5 heteroatoms. The minimum absolute atomic E-state index is 0.193. The number of thiophene rings is 1. The van der Waals surface area contributed by atoms with Crippen molar-refractivity contribution in [3.63, 3.8) is 0 Å². The average molecular weight is 239 g/mol. The topological polar surface area (TPSA) is 60.2 Å². The molecule has 0 bridgehead atoms. The van der Waals surface area contributed by atoms with Crippen LogP contribution in [0.5, 0.6) is 0 Å². The number of nitrogens with two attached hydrogens (primary N) is 1. The van der Waals surface area contributed by atoms with E-state index in [1.165, 1.54) is 17.4 Å². The molecular formula is C10H9NO2S2. The minimum atomic E-state index is -3.63. The Hall–Kier alpha value is -1.17. The molecule has 0 aliphatic carbocycles. The smallest absolute Gasteiger partial charge is 0.225 e. The van der Waals surface area contributed by atoms with Gasteiger partial charge in [0.25, 0.3) is 0 Å². The molecule has 15 heavy (non-hydrogen) atoms. The Bertz CT molecular complexity index is 558. The highest BCUT2D eigenvalue weighted by Gasteiger charge is 2.15. The van der Waals surface area contributed by atoms with Crippen LogP contribution >= 0.6 is 11.3 Å². The van der Waals surface area contributed by atoms with Gasteiger partial charge in [0.05, 0.1) is 4.88 Å². The summed E-state index contributed by atoms with van der Waals surface area (Å²) in [6, 6.07) is 10.9. The van der Waals surface area contributed by atoms with Crippen LogP contribution < -0.4 is 5.14 Å². The van der Waals surface area contributed by atoms with E-state index in [-0.39, 0.29) is 4.90 Å². The Kier molecular flexibility index (Phi) is 2.60. The molecule has 0 unspecified atom stereocenters. The van der Waals surface area contributed by atoms with E-state index in [4.69, 9.17) is 5.14 Å². The predicted molar refractivity (Wildman–Crippen MR) is 61.1 cm³/mol. The first-order valence-corrected chi connectivity index (χ1v) is 6.67. The maximum absolute atomic E-state index is 11.3. The highest BCUT2D eigenvalue weighted by molar-refractivity contribution is 7.89. The Morgan fingerprint density at radius 2 is 1.73 bits per heavy atom. The van der Waals surface area contributed by atoms with Crippen LogP contribution in [0.2, 0.25) is 0 Å². The summed E-state index contributed by atoms with van der Waals surface area (Å²) in [5.41, 5.74) is 0.872. The number of rotatable bonds is 2. The van der Waals surface area contributed by atoms with E-state index < -0.39 is 10.0 Å². The molecule has 0 spiro atoms. The van der Waals surface area contributed by atoms with E-state index in [0.29, 0.717) is 4.88 Å². The minimum Gasteiger partial charge on any atom is -0.225 e. The molecule has 0 aliphatic heterocycles. The number of sulfonamides is 1. The van der Waals surface area contributed by atoms with Gasteiger partial charge < -0.3 is 0 Å². The van der Waals surface area contributed by atoms with Crippen molar-refractivity contribution in [2.75, 3.05) is 0 Å². The fourth-order valence-electron chi connectivity index (χ4n) is 1.32. The third-order valence-corrected chi connectivity index (χ3v) is 4.02. The summed E-state index contributed by atoms with van der Waals surface area (Å²) in [6.45, 7) is 0. The molecule has 0 saturated heterocycles. The lowest BCUT2D eigenvalue weighted by molar-refractivity contribution is 0.598. The van der Waals surface area contributed by atoms with Gasteiger partial charge in [-0.2, -0.15) is 0 Å². The first-order valence-electron chi connectivity index (χ1n) is 4.25. The summed E-state index contributed by atoms with van der Waals surface area (Å²) >= 11 is 1.37. The lowest BCUT2D eigenvalue weighted by Crippen LogP contribution is -2.11. The Morgan fingerprint density at radius 3 is 2.33 bits per heavy atom. The fourth-order valence-corrected chi connectivity index (χ4v) is 3.33. The normalized spacial score (nSPS) is 11.5. The molecule has 1 aromatic heterocycles. The van der Waals surface area contributed by atoms with Gasteiger partial charge in [0, 0.05) is 0 Å². The van der Waals surface area contributed by atoms with E-state index in [1.807, 2.05) is 30.3 Å². The summed E-state index contributed by atoms with van der Waals surface area (Å²) in [4.78, 5) is 0.886. The van der Waals surface area contributed by atoms with Gasteiger partial charge in [-0.05, 0) is 17.0 Å². The SMILES string of the molecule is NS(=O)(=O)c1ccsc1-c1ccccc1. The average Bonchev–Trinajstić information content (AvgIpc) is 2.67. The van der Waals surface area contributed by atoms with Crippen molar-refractivity contribution in [3.05, 3.63) is 41.8 Å². The summed E-state index contributed by atoms with van der Waals surface area (Å²) in [5, 5.41) is 6.84. The van der Waals surface area contributed by atoms with Crippen LogP contribution in [0, 0.1) is 0 Å². The Labute approximate surface area is 92.2 Å². The molecule has 0 saturated carbocycles. The molecule has 2 N–H and O–H groups in total. The zero-order valence-corrected chi connectivity index (χ0v) is 9.38. The zero-order chi connectivity index (χ0) is 10.9. The van der Waals surface area contributed by atoms with Gasteiger partial charge in [0.2, 0.25) is 10.0 Å². The summed E-state index contributed by atoms with van der Waals surface area (Å²) in [7, 11) is -3.63. The van der Waals surface area contributed by atoms with Gasteiger partial charge in [-0.25, -0.2) is 13.6 Å². The lowest BCUT2D eigenvalue weighted by atomic mass is 10.2. The number of hydrogen-bond acceptors (Lipinski definition) is 3. The van der Waals surface area contributed by atoms with E-state index in [2.05, 4.69) is 0 Å². The van der Waals surface area contributed by atoms with Crippen LogP contribution in [0.3, 0.4) is 0 Å². The molecular weight excluding hydrogens is 230 g/mol. The largest absolute Gasteiger partial charge is 0.239 e. The van der Waals surface area contributed by atoms with E-state index in [1.54, 1.807) is 5.38 Å². The zero-order valence-electron chi connectivity index (χ0n) is 7.75. The van der Waals surface area contributed by atoms with E-state index in [9.17, 15) is 8.42 Å². The highest BCUT2D eigenvalue weighted by Crippen LogP contribution is 2.31. The van der Waals surface area contributed by atoms with Crippen LogP contribution in [0.15, 0.2) is 46.7 Å². The molecule has 0 fully saturated rings. The van der Waals surface area contributed by atoms with Gasteiger partial charge >= 0.3 is 0 Å². The third-order valence-electron chi connectivity index (χ3n) is 1.97. The van der Waals surface area contributed by atoms with Crippen molar-refractivity contribution < 1.29 is 8.42 Å². The van der Waals surface area contributed by atoms with Gasteiger partial charge in [-0.3, -0.25) is 0 Å². The summed E-state index contributed by atoms with van der Waals surface area (Å²) < 4.78 is 22.5. The van der Waals surface area contributed by atoms with Crippen molar-refractivity contribution in [3.8, 4) is 10.4 Å². The molecule has 3 nitrogen and oxygen atoms in total. The second-order valence-corrected chi connectivity index (χ2v) is 5.47. The van der Waals surface area contributed by atoms with Gasteiger partial charge in [-0.1, -0.05) is 30.3 Å². The standard InChI is InChI=1S/C10H9NO2S2/c11-15(12,13)9-6-7-14-10(9)8-4-2-1-3-5-8/h1-7H,(H2,11,12,13). The molecule has 0 atom stereocenters. The molecule has 1 aromatic carbocycles. The first-order chi connectivity index (χ1) is 7.09. The molecule has 0 aliphatic rings. The highest BCUT2D eigenvalue weighted by atomic mass is 32.2. The van der Waals surface area contributed by atoms with Crippen molar-refractivity contribution >= 4 is 21.4 Å². The van der Waals surface area contributed by atoms with Crippen molar-refractivity contribution in [1.82, 2.24) is 0 Å².